The third-order valence-corrected chi connectivity index (χ3v) is 3.86. The maximum Gasteiger partial charge on any atom is 0.319 e. The van der Waals surface area contributed by atoms with Crippen LogP contribution in [0, 0.1) is 6.92 Å². The minimum atomic E-state index is -1.29. The molecule has 25 heavy (non-hydrogen) atoms. The Labute approximate surface area is 145 Å². The third-order valence-electron chi connectivity index (χ3n) is 3.86. The van der Waals surface area contributed by atoms with Gasteiger partial charge in [0, 0.05) is 12.1 Å². The summed E-state index contributed by atoms with van der Waals surface area (Å²) in [5, 5.41) is 15.8. The van der Waals surface area contributed by atoms with Crippen LogP contribution in [-0.4, -0.2) is 22.7 Å². The number of carbonyl (C=O) groups is 1. The first kappa shape index (κ1) is 17.0. The number of rotatable bonds is 5. The molecular weight excluding hydrogens is 322 g/mol. The van der Waals surface area contributed by atoms with Crippen molar-refractivity contribution >= 4 is 22.8 Å². The summed E-state index contributed by atoms with van der Waals surface area (Å²) in [7, 11) is 0. The molecule has 0 spiro atoms. The number of hydrogen-bond acceptors (Lipinski definition) is 5. The molecule has 0 fully saturated rings. The lowest BCUT2D eigenvalue weighted by Gasteiger charge is -2.21. The van der Waals surface area contributed by atoms with E-state index in [1.807, 2.05) is 6.92 Å². The first-order chi connectivity index (χ1) is 11.9. The van der Waals surface area contributed by atoms with Crippen molar-refractivity contribution in [3.63, 3.8) is 0 Å². The van der Waals surface area contributed by atoms with Gasteiger partial charge in [-0.3, -0.25) is 0 Å². The van der Waals surface area contributed by atoms with Gasteiger partial charge in [-0.25, -0.2) is 9.78 Å². The van der Waals surface area contributed by atoms with Crippen molar-refractivity contribution in [1.29, 1.82) is 0 Å². The zero-order valence-corrected chi connectivity index (χ0v) is 14.4. The first-order valence-electron chi connectivity index (χ1n) is 8.11. The molecule has 2 aromatic heterocycles. The van der Waals surface area contributed by atoms with Crippen molar-refractivity contribution in [1.82, 2.24) is 10.3 Å². The second-order valence-corrected chi connectivity index (χ2v) is 6.14. The van der Waals surface area contributed by atoms with Gasteiger partial charge in [0.25, 0.3) is 0 Å². The zero-order chi connectivity index (χ0) is 18.0. The van der Waals surface area contributed by atoms with Gasteiger partial charge in [0.1, 0.15) is 22.6 Å². The third kappa shape index (κ3) is 3.83. The van der Waals surface area contributed by atoms with Crippen LogP contribution in [0.5, 0.6) is 0 Å². The summed E-state index contributed by atoms with van der Waals surface area (Å²) >= 11 is 0. The smallest absolute Gasteiger partial charge is 0.319 e. The van der Waals surface area contributed by atoms with Crippen LogP contribution in [-0.2, 0) is 12.0 Å². The molecule has 7 nitrogen and oxygen atoms in total. The summed E-state index contributed by atoms with van der Waals surface area (Å²) in [5.74, 6) is 1.76. The largest absolute Gasteiger partial charge is 0.463 e. The average molecular weight is 343 g/mol. The number of amides is 2. The van der Waals surface area contributed by atoms with Gasteiger partial charge in [-0.1, -0.05) is 6.92 Å². The fraction of sp³-hybridized carbons (Fsp3) is 0.333. The van der Waals surface area contributed by atoms with E-state index in [9.17, 15) is 9.90 Å². The predicted octanol–water partition coefficient (Wildman–Crippen LogP) is 3.32. The maximum absolute atomic E-state index is 12.1. The number of hydrogen-bond donors (Lipinski definition) is 3. The number of urea groups is 1. The van der Waals surface area contributed by atoms with E-state index in [1.54, 1.807) is 44.2 Å². The summed E-state index contributed by atoms with van der Waals surface area (Å²) in [4.78, 5) is 16.4. The number of benzene rings is 1. The highest BCUT2D eigenvalue weighted by Gasteiger charge is 2.27. The second-order valence-electron chi connectivity index (χ2n) is 6.14. The molecule has 7 heteroatoms. The lowest BCUT2D eigenvalue weighted by atomic mass is 10.0. The van der Waals surface area contributed by atoms with Crippen LogP contribution in [0.4, 0.5) is 10.5 Å². The molecule has 1 aromatic carbocycles. The quantitative estimate of drug-likeness (QED) is 0.660. The van der Waals surface area contributed by atoms with E-state index in [0.29, 0.717) is 40.6 Å². The molecule has 0 saturated carbocycles. The number of fused-ring (bicyclic) bond motifs is 1. The van der Waals surface area contributed by atoms with E-state index >= 15 is 0 Å². The van der Waals surface area contributed by atoms with Crippen LogP contribution in [0.1, 0.15) is 31.3 Å². The SMILES string of the molecule is CCc1nc2cc(NC(=O)NC[C@](C)(O)c3ccc(C)o3)ccc2o1. The van der Waals surface area contributed by atoms with Crippen molar-refractivity contribution < 1.29 is 18.7 Å². The molecule has 3 aromatic rings. The summed E-state index contributed by atoms with van der Waals surface area (Å²) < 4.78 is 11.0. The minimum Gasteiger partial charge on any atom is -0.463 e. The zero-order valence-electron chi connectivity index (χ0n) is 14.4. The van der Waals surface area contributed by atoms with Crippen LogP contribution < -0.4 is 10.6 Å². The highest BCUT2D eigenvalue weighted by Crippen LogP contribution is 2.22. The maximum atomic E-state index is 12.1. The van der Waals surface area contributed by atoms with Crippen LogP contribution in [0.25, 0.3) is 11.1 Å². The highest BCUT2D eigenvalue weighted by molar-refractivity contribution is 5.91. The molecule has 0 radical (unpaired) electrons. The average Bonchev–Trinajstić information content (AvgIpc) is 3.19. The Balaban J connectivity index is 1.62. The molecule has 0 unspecified atom stereocenters. The van der Waals surface area contributed by atoms with Gasteiger partial charge in [0.15, 0.2) is 11.5 Å². The van der Waals surface area contributed by atoms with Crippen molar-refractivity contribution in [3.8, 4) is 0 Å². The number of carbonyl (C=O) groups excluding carboxylic acids is 1. The van der Waals surface area contributed by atoms with Crippen molar-refractivity contribution in [2.24, 2.45) is 0 Å². The van der Waals surface area contributed by atoms with E-state index in [4.69, 9.17) is 8.83 Å². The molecule has 3 N–H and O–H groups in total. The fourth-order valence-electron chi connectivity index (χ4n) is 2.44. The first-order valence-corrected chi connectivity index (χ1v) is 8.11. The fourth-order valence-corrected chi connectivity index (χ4v) is 2.44. The van der Waals surface area contributed by atoms with Gasteiger partial charge in [0.2, 0.25) is 0 Å². The van der Waals surface area contributed by atoms with E-state index in [0.717, 1.165) is 0 Å². The lowest BCUT2D eigenvalue weighted by molar-refractivity contribution is 0.0364. The van der Waals surface area contributed by atoms with Gasteiger partial charge in [0.05, 0.1) is 6.54 Å². The van der Waals surface area contributed by atoms with Gasteiger partial charge in [-0.15, -0.1) is 0 Å². The van der Waals surface area contributed by atoms with Crippen molar-refractivity contribution in [2.75, 3.05) is 11.9 Å². The van der Waals surface area contributed by atoms with E-state index in [-0.39, 0.29) is 6.54 Å². The Hall–Kier alpha value is -2.80. The summed E-state index contributed by atoms with van der Waals surface area (Å²) in [6.07, 6.45) is 0.708. The summed E-state index contributed by atoms with van der Waals surface area (Å²) in [6.45, 7) is 5.35. The van der Waals surface area contributed by atoms with E-state index < -0.39 is 11.6 Å². The second kappa shape index (κ2) is 6.60. The van der Waals surface area contributed by atoms with Gasteiger partial charge in [-0.2, -0.15) is 0 Å². The Morgan fingerprint density at radius 2 is 2.08 bits per heavy atom. The van der Waals surface area contributed by atoms with Crippen LogP contribution in [0.3, 0.4) is 0 Å². The van der Waals surface area contributed by atoms with Crippen LogP contribution in [0.15, 0.2) is 39.2 Å². The van der Waals surface area contributed by atoms with E-state index in [2.05, 4.69) is 15.6 Å². The molecule has 2 amide bonds. The topological polar surface area (TPSA) is 101 Å². The van der Waals surface area contributed by atoms with Gasteiger partial charge < -0.3 is 24.6 Å². The number of aryl methyl sites for hydroxylation is 2. The summed E-state index contributed by atoms with van der Waals surface area (Å²) in [5.41, 5.74) is 0.665. The molecule has 132 valence electrons. The predicted molar refractivity (Wildman–Crippen MR) is 93.4 cm³/mol. The molecule has 1 atom stereocenters. The molecule has 0 saturated heterocycles. The number of aliphatic hydroxyl groups is 1. The number of nitrogens with zero attached hydrogens (tertiary/aromatic N) is 1. The van der Waals surface area contributed by atoms with Gasteiger partial charge in [-0.05, 0) is 44.2 Å². The molecule has 0 aliphatic carbocycles. The summed E-state index contributed by atoms with van der Waals surface area (Å²) in [6, 6.07) is 8.27. The van der Waals surface area contributed by atoms with E-state index in [1.165, 1.54) is 0 Å². The molecule has 0 aliphatic rings. The molecule has 3 rings (SSSR count). The number of furan rings is 1. The van der Waals surface area contributed by atoms with Crippen LogP contribution in [0.2, 0.25) is 0 Å². The standard InChI is InChI=1S/C18H21N3O4/c1-4-16-21-13-9-12(6-7-14(13)25-16)20-17(22)19-10-18(3,23)15-8-5-11(2)24-15/h5-9,23H,4,10H2,1-3H3,(H2,19,20,22)/t18-/m0/s1. The monoisotopic (exact) mass is 343 g/mol. The van der Waals surface area contributed by atoms with Gasteiger partial charge >= 0.3 is 6.03 Å². The highest BCUT2D eigenvalue weighted by atomic mass is 16.4. The van der Waals surface area contributed by atoms with Crippen molar-refractivity contribution in [3.05, 3.63) is 47.7 Å². The molecule has 0 aliphatic heterocycles. The number of aromatic nitrogens is 1. The molecule has 0 bridgehead atoms. The molecular formula is C18H21N3O4. The Morgan fingerprint density at radius 1 is 1.28 bits per heavy atom. The number of nitrogens with one attached hydrogen (secondary N) is 2. The normalized spacial score (nSPS) is 13.6. The Kier molecular flexibility index (Phi) is 4.50. The number of anilines is 1. The van der Waals surface area contributed by atoms with Crippen LogP contribution >= 0.6 is 0 Å². The minimum absolute atomic E-state index is 0.0119. The Morgan fingerprint density at radius 3 is 2.76 bits per heavy atom. The Bertz CT molecular complexity index is 895. The lowest BCUT2D eigenvalue weighted by Crippen LogP contribution is -2.40. The molecule has 2 heterocycles. The van der Waals surface area contributed by atoms with Crippen molar-refractivity contribution in [2.45, 2.75) is 32.8 Å². The number of oxazole rings is 1.